The largest absolute Gasteiger partial charge is 0.418 e. The fourth-order valence-electron chi connectivity index (χ4n) is 3.85. The lowest BCUT2D eigenvalue weighted by Gasteiger charge is -2.36. The van der Waals surface area contributed by atoms with Crippen LogP contribution in [0.2, 0.25) is 0 Å². The molecular formula is C22H21F4N5O2S. The third-order valence-electron chi connectivity index (χ3n) is 5.61. The van der Waals surface area contributed by atoms with Gasteiger partial charge in [0.1, 0.15) is 17.5 Å². The number of halogens is 4. The van der Waals surface area contributed by atoms with Gasteiger partial charge in [-0.05, 0) is 53.9 Å². The molecule has 0 amide bonds. The molecular weight excluding hydrogens is 474 g/mol. The number of alkyl halides is 3. The van der Waals surface area contributed by atoms with Crippen molar-refractivity contribution in [2.75, 3.05) is 36.0 Å². The number of sulfonamides is 1. The van der Waals surface area contributed by atoms with Gasteiger partial charge < -0.3 is 9.80 Å². The zero-order valence-electron chi connectivity index (χ0n) is 18.1. The van der Waals surface area contributed by atoms with Crippen molar-refractivity contribution in [2.24, 2.45) is 5.14 Å². The first-order valence-corrected chi connectivity index (χ1v) is 11.8. The van der Waals surface area contributed by atoms with Gasteiger partial charge >= 0.3 is 6.18 Å². The minimum atomic E-state index is -4.65. The molecule has 180 valence electrons. The zero-order chi connectivity index (χ0) is 24.7. The molecule has 0 aliphatic carbocycles. The van der Waals surface area contributed by atoms with Gasteiger partial charge in [0.05, 0.1) is 5.56 Å². The first kappa shape index (κ1) is 23.9. The van der Waals surface area contributed by atoms with Crippen LogP contribution in [0.4, 0.5) is 29.2 Å². The standard InChI is InChI=1S/C22H21F4N5O2S/c1-14-5-6-15(23)11-16(14)17-12-20(28-13-18(17)22(24,25)26)31-9-7-30(8-10-31)19-3-2-4-21(29-19)34(27,32)33/h2-6,11-13H,7-10H2,1H3,(H2,27,32,33). The molecule has 34 heavy (non-hydrogen) atoms. The molecule has 0 atom stereocenters. The molecule has 1 aliphatic heterocycles. The van der Waals surface area contributed by atoms with E-state index in [-0.39, 0.29) is 16.2 Å². The summed E-state index contributed by atoms with van der Waals surface area (Å²) in [6.45, 7) is 3.29. The maximum atomic E-state index is 13.9. The van der Waals surface area contributed by atoms with Crippen molar-refractivity contribution in [2.45, 2.75) is 18.1 Å². The van der Waals surface area contributed by atoms with Crippen LogP contribution in [0.25, 0.3) is 11.1 Å². The molecule has 0 bridgehead atoms. The highest BCUT2D eigenvalue weighted by molar-refractivity contribution is 7.89. The molecule has 0 spiro atoms. The predicted octanol–water partition coefficient (Wildman–Crippen LogP) is 3.58. The lowest BCUT2D eigenvalue weighted by atomic mass is 9.96. The van der Waals surface area contributed by atoms with Crippen LogP contribution in [0.5, 0.6) is 0 Å². The monoisotopic (exact) mass is 495 g/mol. The Morgan fingerprint density at radius 1 is 0.941 bits per heavy atom. The van der Waals surface area contributed by atoms with E-state index in [0.29, 0.717) is 43.4 Å². The van der Waals surface area contributed by atoms with Crippen LogP contribution in [-0.2, 0) is 16.2 Å². The average Bonchev–Trinajstić information content (AvgIpc) is 2.79. The maximum absolute atomic E-state index is 13.9. The fourth-order valence-corrected chi connectivity index (χ4v) is 4.34. The Labute approximate surface area is 193 Å². The minimum Gasteiger partial charge on any atom is -0.353 e. The van der Waals surface area contributed by atoms with Crippen molar-refractivity contribution in [1.82, 2.24) is 9.97 Å². The molecule has 1 aromatic carbocycles. The molecule has 2 N–H and O–H groups in total. The number of benzene rings is 1. The first-order valence-electron chi connectivity index (χ1n) is 10.3. The second-order valence-electron chi connectivity index (χ2n) is 7.90. The molecule has 1 aliphatic rings. The van der Waals surface area contributed by atoms with E-state index in [1.807, 2.05) is 9.80 Å². The van der Waals surface area contributed by atoms with E-state index in [0.717, 1.165) is 12.3 Å². The van der Waals surface area contributed by atoms with E-state index in [1.165, 1.54) is 24.3 Å². The van der Waals surface area contributed by atoms with Gasteiger partial charge in [-0.2, -0.15) is 13.2 Å². The van der Waals surface area contributed by atoms with E-state index < -0.39 is 27.6 Å². The summed E-state index contributed by atoms with van der Waals surface area (Å²) in [5.74, 6) is 0.134. The topological polar surface area (TPSA) is 92.4 Å². The number of aryl methyl sites for hydroxylation is 1. The van der Waals surface area contributed by atoms with E-state index >= 15 is 0 Å². The third-order valence-corrected chi connectivity index (χ3v) is 6.42. The lowest BCUT2D eigenvalue weighted by molar-refractivity contribution is -0.137. The van der Waals surface area contributed by atoms with E-state index in [1.54, 1.807) is 19.1 Å². The molecule has 0 radical (unpaired) electrons. The van der Waals surface area contributed by atoms with Gasteiger partial charge in [0.15, 0.2) is 5.03 Å². The number of pyridine rings is 2. The van der Waals surface area contributed by atoms with Crippen molar-refractivity contribution in [3.8, 4) is 11.1 Å². The summed E-state index contributed by atoms with van der Waals surface area (Å²) in [4.78, 5) is 11.8. The average molecular weight is 496 g/mol. The van der Waals surface area contributed by atoms with Crippen LogP contribution in [0.1, 0.15) is 11.1 Å². The molecule has 1 fully saturated rings. The number of nitrogens with two attached hydrogens (primary N) is 1. The quantitative estimate of drug-likeness (QED) is 0.557. The number of nitrogens with zero attached hydrogens (tertiary/aromatic N) is 4. The summed E-state index contributed by atoms with van der Waals surface area (Å²) in [6.07, 6.45) is -3.88. The van der Waals surface area contributed by atoms with Crippen molar-refractivity contribution >= 4 is 21.7 Å². The Kier molecular flexibility index (Phi) is 6.21. The second kappa shape index (κ2) is 8.84. The van der Waals surface area contributed by atoms with Gasteiger partial charge in [-0.3, -0.25) is 0 Å². The van der Waals surface area contributed by atoms with Gasteiger partial charge in [-0.15, -0.1) is 0 Å². The van der Waals surface area contributed by atoms with Crippen molar-refractivity contribution in [1.29, 1.82) is 0 Å². The van der Waals surface area contributed by atoms with E-state index in [2.05, 4.69) is 9.97 Å². The third kappa shape index (κ3) is 4.97. The SMILES string of the molecule is Cc1ccc(F)cc1-c1cc(N2CCN(c3cccc(S(N)(=O)=O)n3)CC2)ncc1C(F)(F)F. The Bertz CT molecular complexity index is 1320. The van der Waals surface area contributed by atoms with Crippen molar-refractivity contribution in [3.63, 3.8) is 0 Å². The summed E-state index contributed by atoms with van der Waals surface area (Å²) in [7, 11) is -3.95. The Balaban J connectivity index is 1.61. The van der Waals surface area contributed by atoms with Crippen LogP contribution in [-0.4, -0.2) is 44.6 Å². The van der Waals surface area contributed by atoms with E-state index in [9.17, 15) is 26.0 Å². The first-order chi connectivity index (χ1) is 15.9. The molecule has 0 unspecified atom stereocenters. The molecule has 3 heterocycles. The summed E-state index contributed by atoms with van der Waals surface area (Å²) < 4.78 is 78.1. The minimum absolute atomic E-state index is 0.139. The molecule has 0 saturated carbocycles. The number of rotatable bonds is 4. The number of aromatic nitrogens is 2. The fraction of sp³-hybridized carbons (Fsp3) is 0.273. The lowest BCUT2D eigenvalue weighted by Crippen LogP contribution is -2.47. The van der Waals surface area contributed by atoms with Gasteiger partial charge in [0.2, 0.25) is 0 Å². The molecule has 7 nitrogen and oxygen atoms in total. The van der Waals surface area contributed by atoms with Gasteiger partial charge in [0, 0.05) is 32.4 Å². The highest BCUT2D eigenvalue weighted by Gasteiger charge is 2.35. The Morgan fingerprint density at radius 2 is 1.59 bits per heavy atom. The van der Waals surface area contributed by atoms with Crippen LogP contribution in [0.15, 0.2) is 53.7 Å². The molecule has 4 rings (SSSR count). The number of hydrogen-bond donors (Lipinski definition) is 1. The van der Waals surface area contributed by atoms with Crippen LogP contribution >= 0.6 is 0 Å². The van der Waals surface area contributed by atoms with Crippen LogP contribution in [0, 0.1) is 12.7 Å². The summed E-state index contributed by atoms with van der Waals surface area (Å²) in [5.41, 5.74) is -0.416. The van der Waals surface area contributed by atoms with E-state index in [4.69, 9.17) is 5.14 Å². The highest BCUT2D eigenvalue weighted by atomic mass is 32.2. The second-order valence-corrected chi connectivity index (χ2v) is 9.41. The number of piperazine rings is 1. The number of hydrogen-bond acceptors (Lipinski definition) is 6. The Hall–Kier alpha value is -3.25. The molecule has 1 saturated heterocycles. The zero-order valence-corrected chi connectivity index (χ0v) is 18.9. The maximum Gasteiger partial charge on any atom is 0.418 e. The van der Waals surface area contributed by atoms with Crippen molar-refractivity contribution in [3.05, 3.63) is 65.6 Å². The van der Waals surface area contributed by atoms with Crippen LogP contribution < -0.4 is 14.9 Å². The predicted molar refractivity (Wildman–Crippen MR) is 119 cm³/mol. The molecule has 2 aromatic heterocycles. The normalized spacial score (nSPS) is 15.0. The Morgan fingerprint density at radius 3 is 2.21 bits per heavy atom. The smallest absolute Gasteiger partial charge is 0.353 e. The molecule has 12 heteroatoms. The van der Waals surface area contributed by atoms with Crippen LogP contribution in [0.3, 0.4) is 0 Å². The highest BCUT2D eigenvalue weighted by Crippen LogP contribution is 2.39. The number of anilines is 2. The number of primary sulfonamides is 1. The molecule has 3 aromatic rings. The summed E-state index contributed by atoms with van der Waals surface area (Å²) >= 11 is 0. The summed E-state index contributed by atoms with van der Waals surface area (Å²) in [6, 6.07) is 9.56. The van der Waals surface area contributed by atoms with Gasteiger partial charge in [-0.1, -0.05) is 12.1 Å². The van der Waals surface area contributed by atoms with Gasteiger partial charge in [0.25, 0.3) is 10.0 Å². The van der Waals surface area contributed by atoms with Gasteiger partial charge in [-0.25, -0.2) is 27.9 Å². The summed E-state index contributed by atoms with van der Waals surface area (Å²) in [5, 5.41) is 4.91. The van der Waals surface area contributed by atoms with Crippen molar-refractivity contribution < 1.29 is 26.0 Å².